The van der Waals surface area contributed by atoms with E-state index in [1.165, 1.54) is 17.7 Å². The third kappa shape index (κ3) is 4.67. The van der Waals surface area contributed by atoms with Crippen LogP contribution in [0.5, 0.6) is 0 Å². The van der Waals surface area contributed by atoms with Crippen LogP contribution >= 0.6 is 0 Å². The summed E-state index contributed by atoms with van der Waals surface area (Å²) in [6, 6.07) is 8.79. The van der Waals surface area contributed by atoms with Gasteiger partial charge in [-0.05, 0) is 51.2 Å². The fourth-order valence-corrected chi connectivity index (χ4v) is 1.96. The molecule has 0 amide bonds. The highest BCUT2D eigenvalue weighted by Gasteiger charge is 2.05. The highest BCUT2D eigenvalue weighted by Crippen LogP contribution is 2.19. The van der Waals surface area contributed by atoms with E-state index in [9.17, 15) is 0 Å². The summed E-state index contributed by atoms with van der Waals surface area (Å²) in [7, 11) is 6.37. The van der Waals surface area contributed by atoms with Crippen LogP contribution in [-0.2, 0) is 0 Å². The topological polar surface area (TPSA) is 32.5 Å². The summed E-state index contributed by atoms with van der Waals surface area (Å²) in [5.74, 6) is 0. The Morgan fingerprint density at radius 2 is 1.67 bits per heavy atom. The van der Waals surface area contributed by atoms with Crippen molar-refractivity contribution in [2.45, 2.75) is 25.8 Å². The van der Waals surface area contributed by atoms with Gasteiger partial charge in [0.25, 0.3) is 0 Å². The second-order valence-corrected chi connectivity index (χ2v) is 5.18. The molecule has 0 aliphatic carbocycles. The fraction of sp³-hybridized carbons (Fsp3) is 0.600. The minimum Gasteiger partial charge on any atom is -0.375 e. The van der Waals surface area contributed by atoms with Gasteiger partial charge in [-0.25, -0.2) is 0 Å². The van der Waals surface area contributed by atoms with Crippen molar-refractivity contribution in [1.29, 1.82) is 0 Å². The molecule has 0 spiro atoms. The van der Waals surface area contributed by atoms with E-state index in [1.807, 2.05) is 0 Å². The smallest absolute Gasteiger partial charge is 0.0363 e. The first-order valence-electron chi connectivity index (χ1n) is 6.76. The van der Waals surface area contributed by atoms with E-state index in [-0.39, 0.29) is 6.04 Å². The molecule has 0 saturated heterocycles. The molecular weight excluding hydrogens is 222 g/mol. The highest BCUT2D eigenvalue weighted by atomic mass is 15.1. The summed E-state index contributed by atoms with van der Waals surface area (Å²) in [6.45, 7) is 4.33. The molecule has 0 aromatic heterocycles. The lowest BCUT2D eigenvalue weighted by Crippen LogP contribution is -2.23. The average molecular weight is 249 g/mol. The molecule has 102 valence electrons. The van der Waals surface area contributed by atoms with Crippen LogP contribution < -0.4 is 10.6 Å². The van der Waals surface area contributed by atoms with E-state index < -0.39 is 0 Å². The number of nitrogens with two attached hydrogens (primary N) is 1. The van der Waals surface area contributed by atoms with Crippen molar-refractivity contribution < 1.29 is 0 Å². The van der Waals surface area contributed by atoms with Crippen LogP contribution in [0.15, 0.2) is 24.3 Å². The van der Waals surface area contributed by atoms with E-state index in [1.54, 1.807) is 0 Å². The molecule has 0 aliphatic rings. The zero-order valence-electron chi connectivity index (χ0n) is 12.2. The number of rotatable bonds is 7. The Balaban J connectivity index is 2.51. The van der Waals surface area contributed by atoms with Crippen LogP contribution in [-0.4, -0.2) is 39.1 Å². The third-order valence-corrected chi connectivity index (χ3v) is 3.30. The van der Waals surface area contributed by atoms with Gasteiger partial charge in [0.2, 0.25) is 0 Å². The lowest BCUT2D eigenvalue weighted by molar-refractivity contribution is 0.401. The molecule has 18 heavy (non-hydrogen) atoms. The molecule has 1 aromatic rings. The van der Waals surface area contributed by atoms with Crippen LogP contribution in [0.1, 0.15) is 31.4 Å². The zero-order valence-corrected chi connectivity index (χ0v) is 12.2. The minimum absolute atomic E-state index is 0.165. The lowest BCUT2D eigenvalue weighted by Gasteiger charge is -2.21. The maximum atomic E-state index is 6.01. The Hall–Kier alpha value is -1.06. The molecule has 3 heteroatoms. The lowest BCUT2D eigenvalue weighted by atomic mass is 10.1. The Labute approximate surface area is 112 Å². The first-order valence-corrected chi connectivity index (χ1v) is 6.76. The molecule has 1 atom stereocenters. The molecule has 3 nitrogen and oxygen atoms in total. The average Bonchev–Trinajstić information content (AvgIpc) is 2.37. The van der Waals surface area contributed by atoms with Crippen molar-refractivity contribution in [2.24, 2.45) is 5.73 Å². The number of hydrogen-bond donors (Lipinski definition) is 1. The summed E-state index contributed by atoms with van der Waals surface area (Å²) in [5, 5.41) is 0. The van der Waals surface area contributed by atoms with E-state index in [0.29, 0.717) is 0 Å². The predicted octanol–water partition coefficient (Wildman–Crippen LogP) is 2.48. The van der Waals surface area contributed by atoms with E-state index in [4.69, 9.17) is 5.73 Å². The Bertz CT molecular complexity index is 332. The van der Waals surface area contributed by atoms with Gasteiger partial charge in [-0.2, -0.15) is 0 Å². The second-order valence-electron chi connectivity index (χ2n) is 5.18. The molecule has 0 saturated carbocycles. The molecule has 2 N–H and O–H groups in total. The number of benzene rings is 1. The maximum absolute atomic E-state index is 6.01. The van der Waals surface area contributed by atoms with Crippen molar-refractivity contribution in [1.82, 2.24) is 4.90 Å². The standard InChI is InChI=1S/C15H27N3/c1-5-15(16)13-7-9-14(10-8-13)18(4)12-6-11-17(2)3/h7-10,15H,5-6,11-12,16H2,1-4H3/t15-/m0/s1. The van der Waals surface area contributed by atoms with Crippen molar-refractivity contribution in [3.8, 4) is 0 Å². The first-order chi connectivity index (χ1) is 8.54. The van der Waals surface area contributed by atoms with E-state index in [2.05, 4.69) is 62.1 Å². The maximum Gasteiger partial charge on any atom is 0.0363 e. The minimum atomic E-state index is 0.165. The van der Waals surface area contributed by atoms with Gasteiger partial charge < -0.3 is 15.5 Å². The number of nitrogens with zero attached hydrogens (tertiary/aromatic N) is 2. The summed E-state index contributed by atoms with van der Waals surface area (Å²) in [5.41, 5.74) is 8.50. The summed E-state index contributed by atoms with van der Waals surface area (Å²) in [6.07, 6.45) is 2.16. The second kappa shape index (κ2) is 7.39. The Morgan fingerprint density at radius 1 is 1.06 bits per heavy atom. The first kappa shape index (κ1) is 15.0. The van der Waals surface area contributed by atoms with Gasteiger partial charge in [-0.1, -0.05) is 19.1 Å². The SMILES string of the molecule is CC[C@H](N)c1ccc(N(C)CCCN(C)C)cc1. The molecule has 0 bridgehead atoms. The van der Waals surface area contributed by atoms with Crippen LogP contribution in [0.3, 0.4) is 0 Å². The number of anilines is 1. The van der Waals surface area contributed by atoms with Crippen LogP contribution in [0.4, 0.5) is 5.69 Å². The van der Waals surface area contributed by atoms with Crippen LogP contribution in [0.25, 0.3) is 0 Å². The monoisotopic (exact) mass is 249 g/mol. The highest BCUT2D eigenvalue weighted by molar-refractivity contribution is 5.47. The Morgan fingerprint density at radius 3 is 2.17 bits per heavy atom. The molecule has 0 radical (unpaired) electrons. The predicted molar refractivity (Wildman–Crippen MR) is 80.1 cm³/mol. The molecule has 0 heterocycles. The van der Waals surface area contributed by atoms with Gasteiger partial charge in [0, 0.05) is 25.3 Å². The Kier molecular flexibility index (Phi) is 6.16. The van der Waals surface area contributed by atoms with Crippen molar-refractivity contribution in [3.05, 3.63) is 29.8 Å². The quantitative estimate of drug-likeness (QED) is 0.806. The summed E-state index contributed by atoms with van der Waals surface area (Å²) < 4.78 is 0. The molecule has 1 rings (SSSR count). The van der Waals surface area contributed by atoms with Gasteiger partial charge >= 0.3 is 0 Å². The van der Waals surface area contributed by atoms with Gasteiger partial charge in [-0.15, -0.1) is 0 Å². The van der Waals surface area contributed by atoms with Crippen molar-refractivity contribution >= 4 is 5.69 Å². The van der Waals surface area contributed by atoms with E-state index in [0.717, 1.165) is 19.5 Å². The van der Waals surface area contributed by atoms with E-state index >= 15 is 0 Å². The molecule has 0 aliphatic heterocycles. The third-order valence-electron chi connectivity index (χ3n) is 3.30. The van der Waals surface area contributed by atoms with Crippen molar-refractivity contribution in [3.63, 3.8) is 0 Å². The van der Waals surface area contributed by atoms with Gasteiger partial charge in [-0.3, -0.25) is 0 Å². The van der Waals surface area contributed by atoms with Crippen LogP contribution in [0, 0.1) is 0 Å². The molecule has 1 aromatic carbocycles. The fourth-order valence-electron chi connectivity index (χ4n) is 1.96. The largest absolute Gasteiger partial charge is 0.375 e. The van der Waals surface area contributed by atoms with Gasteiger partial charge in [0.1, 0.15) is 0 Å². The number of hydrogen-bond acceptors (Lipinski definition) is 3. The molecule has 0 fully saturated rings. The molecule has 0 unspecified atom stereocenters. The van der Waals surface area contributed by atoms with Gasteiger partial charge in [0.15, 0.2) is 0 Å². The summed E-state index contributed by atoms with van der Waals surface area (Å²) >= 11 is 0. The summed E-state index contributed by atoms with van der Waals surface area (Å²) in [4.78, 5) is 4.52. The van der Waals surface area contributed by atoms with Crippen molar-refractivity contribution in [2.75, 3.05) is 39.1 Å². The molecular formula is C15H27N3. The van der Waals surface area contributed by atoms with Crippen LogP contribution in [0.2, 0.25) is 0 Å². The van der Waals surface area contributed by atoms with Gasteiger partial charge in [0.05, 0.1) is 0 Å². The normalized spacial score (nSPS) is 12.8. The zero-order chi connectivity index (χ0) is 13.5.